The van der Waals surface area contributed by atoms with Crippen LogP contribution in [0.15, 0.2) is 12.4 Å². The van der Waals surface area contributed by atoms with Crippen molar-refractivity contribution in [3.63, 3.8) is 0 Å². The molecule has 1 fully saturated rings. The van der Waals surface area contributed by atoms with Crippen LogP contribution in [-0.2, 0) is 11.8 Å². The molecule has 0 radical (unpaired) electrons. The highest BCUT2D eigenvalue weighted by molar-refractivity contribution is 5.97. The highest BCUT2D eigenvalue weighted by Gasteiger charge is 2.25. The fourth-order valence-corrected chi connectivity index (χ4v) is 1.80. The van der Waals surface area contributed by atoms with Crippen molar-refractivity contribution in [1.29, 1.82) is 0 Å². The average molecular weight is 249 g/mol. The van der Waals surface area contributed by atoms with Gasteiger partial charge in [-0.15, -0.1) is 0 Å². The van der Waals surface area contributed by atoms with Gasteiger partial charge in [-0.25, -0.2) is 9.78 Å². The number of hydrogen-bond acceptors (Lipinski definition) is 5. The zero-order chi connectivity index (χ0) is 12.7. The molecular weight excluding hydrogens is 238 g/mol. The largest absolute Gasteiger partial charge is 0.484 e. The summed E-state index contributed by atoms with van der Waals surface area (Å²) < 4.78 is 12.3. The summed E-state index contributed by atoms with van der Waals surface area (Å²) in [6.07, 6.45) is 2.75. The molecule has 1 aliphatic rings. The monoisotopic (exact) mass is 249 g/mol. The Labute approximate surface area is 102 Å². The van der Waals surface area contributed by atoms with E-state index in [1.54, 1.807) is 17.9 Å². The number of pyridine rings is 1. The normalized spacial score (nSPS) is 15.6. The summed E-state index contributed by atoms with van der Waals surface area (Å²) in [5, 5.41) is 13.8. The zero-order valence-electron chi connectivity index (χ0n) is 9.66. The number of aromatic nitrogens is 3. The van der Waals surface area contributed by atoms with E-state index < -0.39 is 5.97 Å². The molecule has 0 saturated carbocycles. The molecule has 7 nitrogen and oxygen atoms in total. The molecule has 1 N–H and O–H groups in total. The van der Waals surface area contributed by atoms with Crippen LogP contribution in [0.25, 0.3) is 11.0 Å². The van der Waals surface area contributed by atoms with Crippen molar-refractivity contribution in [2.24, 2.45) is 7.05 Å². The summed E-state index contributed by atoms with van der Waals surface area (Å²) in [5.41, 5.74) is 0.637. The summed E-state index contributed by atoms with van der Waals surface area (Å²) in [6, 6.07) is 0. The predicted octanol–water partition coefficient (Wildman–Crippen LogP) is 0.444. The van der Waals surface area contributed by atoms with Gasteiger partial charge in [0.05, 0.1) is 24.8 Å². The van der Waals surface area contributed by atoms with Gasteiger partial charge in [0, 0.05) is 13.2 Å². The maximum absolute atomic E-state index is 11.2. The highest BCUT2D eigenvalue weighted by Crippen LogP contribution is 2.30. The second kappa shape index (κ2) is 3.95. The van der Waals surface area contributed by atoms with Crippen molar-refractivity contribution in [3.8, 4) is 5.75 Å². The standard InChI is InChI=1S/C11H11N3O4/c1-14-10-7(3-13-14)9(18-6-4-17-5-6)8(2-12-10)11(15)16/h2-3,6H,4-5H2,1H3,(H,15,16). The second-order valence-corrected chi connectivity index (χ2v) is 4.09. The predicted molar refractivity (Wildman–Crippen MR) is 60.7 cm³/mol. The van der Waals surface area contributed by atoms with Gasteiger partial charge in [0.15, 0.2) is 5.65 Å². The molecule has 1 aliphatic heterocycles. The van der Waals surface area contributed by atoms with E-state index in [2.05, 4.69) is 10.1 Å². The topological polar surface area (TPSA) is 86.5 Å². The first-order chi connectivity index (χ1) is 8.66. The van der Waals surface area contributed by atoms with Crippen molar-refractivity contribution in [3.05, 3.63) is 18.0 Å². The third-order valence-corrected chi connectivity index (χ3v) is 2.84. The van der Waals surface area contributed by atoms with Crippen LogP contribution in [0.3, 0.4) is 0 Å². The molecule has 0 bridgehead atoms. The van der Waals surface area contributed by atoms with Crippen LogP contribution in [-0.4, -0.2) is 45.2 Å². The minimum Gasteiger partial charge on any atom is -0.484 e. The van der Waals surface area contributed by atoms with E-state index in [-0.39, 0.29) is 11.7 Å². The lowest BCUT2D eigenvalue weighted by Gasteiger charge is -2.27. The van der Waals surface area contributed by atoms with Crippen LogP contribution in [0.5, 0.6) is 5.75 Å². The summed E-state index contributed by atoms with van der Waals surface area (Å²) in [4.78, 5) is 15.3. The van der Waals surface area contributed by atoms with Crippen molar-refractivity contribution < 1.29 is 19.4 Å². The Morgan fingerprint density at radius 3 is 2.94 bits per heavy atom. The molecule has 0 atom stereocenters. The number of carbonyl (C=O) groups is 1. The molecule has 0 unspecified atom stereocenters. The Balaban J connectivity index is 2.14. The maximum atomic E-state index is 11.2. The Kier molecular flexibility index (Phi) is 2.41. The lowest BCUT2D eigenvalue weighted by Crippen LogP contribution is -2.39. The molecule has 0 aliphatic carbocycles. The van der Waals surface area contributed by atoms with Gasteiger partial charge >= 0.3 is 5.97 Å². The number of hydrogen-bond donors (Lipinski definition) is 1. The fourth-order valence-electron chi connectivity index (χ4n) is 1.80. The molecule has 3 heterocycles. The second-order valence-electron chi connectivity index (χ2n) is 4.09. The Morgan fingerprint density at radius 2 is 2.33 bits per heavy atom. The molecule has 7 heteroatoms. The smallest absolute Gasteiger partial charge is 0.341 e. The zero-order valence-corrected chi connectivity index (χ0v) is 9.66. The van der Waals surface area contributed by atoms with Gasteiger partial charge in [0.2, 0.25) is 0 Å². The van der Waals surface area contributed by atoms with E-state index in [1.807, 2.05) is 0 Å². The number of aryl methyl sites for hydroxylation is 1. The lowest BCUT2D eigenvalue weighted by molar-refractivity contribution is -0.0793. The van der Waals surface area contributed by atoms with E-state index in [9.17, 15) is 4.79 Å². The summed E-state index contributed by atoms with van der Waals surface area (Å²) in [6.45, 7) is 0.951. The Morgan fingerprint density at radius 1 is 1.56 bits per heavy atom. The number of nitrogens with zero attached hydrogens (tertiary/aromatic N) is 3. The van der Waals surface area contributed by atoms with Crippen LogP contribution in [0, 0.1) is 0 Å². The number of ether oxygens (including phenoxy) is 2. The molecule has 2 aromatic heterocycles. The molecule has 0 amide bonds. The van der Waals surface area contributed by atoms with Crippen molar-refractivity contribution in [2.45, 2.75) is 6.10 Å². The molecule has 0 spiro atoms. The van der Waals surface area contributed by atoms with E-state index in [0.29, 0.717) is 30.0 Å². The van der Waals surface area contributed by atoms with Gasteiger partial charge in [-0.1, -0.05) is 0 Å². The first-order valence-electron chi connectivity index (χ1n) is 5.45. The van der Waals surface area contributed by atoms with Crippen LogP contribution < -0.4 is 4.74 Å². The first-order valence-corrected chi connectivity index (χ1v) is 5.45. The summed E-state index contributed by atoms with van der Waals surface area (Å²) >= 11 is 0. The van der Waals surface area contributed by atoms with Crippen molar-refractivity contribution in [2.75, 3.05) is 13.2 Å². The molecule has 3 rings (SSSR count). The summed E-state index contributed by atoms with van der Waals surface area (Å²) in [5.74, 6) is -0.752. The lowest BCUT2D eigenvalue weighted by atomic mass is 10.2. The first kappa shape index (κ1) is 11.0. The highest BCUT2D eigenvalue weighted by atomic mass is 16.6. The van der Waals surface area contributed by atoms with Crippen molar-refractivity contribution in [1.82, 2.24) is 14.8 Å². The fraction of sp³-hybridized carbons (Fsp3) is 0.364. The summed E-state index contributed by atoms with van der Waals surface area (Å²) in [7, 11) is 1.74. The van der Waals surface area contributed by atoms with Gasteiger partial charge in [-0.3, -0.25) is 4.68 Å². The maximum Gasteiger partial charge on any atom is 0.341 e. The minimum atomic E-state index is -1.07. The van der Waals surface area contributed by atoms with Crippen LogP contribution in [0.4, 0.5) is 0 Å². The Bertz CT molecular complexity index is 618. The van der Waals surface area contributed by atoms with E-state index in [4.69, 9.17) is 14.6 Å². The quantitative estimate of drug-likeness (QED) is 0.849. The van der Waals surface area contributed by atoms with Gasteiger partial charge in [0.25, 0.3) is 0 Å². The average Bonchev–Trinajstić information content (AvgIpc) is 2.65. The van der Waals surface area contributed by atoms with Gasteiger partial charge in [-0.2, -0.15) is 5.10 Å². The molecule has 2 aromatic rings. The van der Waals surface area contributed by atoms with E-state index in [1.165, 1.54) is 6.20 Å². The number of aromatic carboxylic acids is 1. The van der Waals surface area contributed by atoms with Gasteiger partial charge < -0.3 is 14.6 Å². The van der Waals surface area contributed by atoms with Crippen LogP contribution in [0.1, 0.15) is 10.4 Å². The third kappa shape index (κ3) is 1.60. The van der Waals surface area contributed by atoms with E-state index >= 15 is 0 Å². The van der Waals surface area contributed by atoms with Gasteiger partial charge in [0.1, 0.15) is 17.4 Å². The molecule has 1 saturated heterocycles. The van der Waals surface area contributed by atoms with Crippen LogP contribution in [0.2, 0.25) is 0 Å². The number of carboxylic acids is 1. The number of rotatable bonds is 3. The van der Waals surface area contributed by atoms with Crippen molar-refractivity contribution >= 4 is 17.0 Å². The molecule has 0 aromatic carbocycles. The number of carboxylic acid groups (broad SMARTS) is 1. The molecule has 18 heavy (non-hydrogen) atoms. The van der Waals surface area contributed by atoms with Gasteiger partial charge in [-0.05, 0) is 0 Å². The number of fused-ring (bicyclic) bond motifs is 1. The third-order valence-electron chi connectivity index (χ3n) is 2.84. The molecule has 94 valence electrons. The SMILES string of the molecule is Cn1ncc2c(OC3COC3)c(C(=O)O)cnc21. The van der Waals surface area contributed by atoms with Crippen LogP contribution >= 0.6 is 0 Å². The molecular formula is C11H11N3O4. The van der Waals surface area contributed by atoms with E-state index in [0.717, 1.165) is 0 Å². The Hall–Kier alpha value is -2.15. The minimum absolute atomic E-state index is 0.0439.